The van der Waals surface area contributed by atoms with Crippen LogP contribution in [0.1, 0.15) is 11.4 Å². The average molecular weight is 475 g/mol. The van der Waals surface area contributed by atoms with Crippen molar-refractivity contribution in [1.82, 2.24) is 9.97 Å². The fourth-order valence-electron chi connectivity index (χ4n) is 3.18. The predicted octanol–water partition coefficient (Wildman–Crippen LogP) is 7.15. The highest BCUT2D eigenvalue weighted by Crippen LogP contribution is 2.24. The molecule has 0 unspecified atom stereocenters. The van der Waals surface area contributed by atoms with E-state index in [1.807, 2.05) is 67.6 Å². The summed E-state index contributed by atoms with van der Waals surface area (Å²) in [5.41, 5.74) is 4.07. The minimum absolute atomic E-state index is 0.262. The number of benzene rings is 3. The summed E-state index contributed by atoms with van der Waals surface area (Å²) in [6.45, 7) is 1.86. The Morgan fingerprint density at radius 2 is 1.64 bits per heavy atom. The van der Waals surface area contributed by atoms with Gasteiger partial charge < -0.3 is 10.6 Å². The van der Waals surface area contributed by atoms with Gasteiger partial charge in [0.2, 0.25) is 5.91 Å². The van der Waals surface area contributed by atoms with E-state index in [1.165, 1.54) is 6.08 Å². The molecule has 3 aromatic carbocycles. The maximum atomic E-state index is 12.4. The Kier molecular flexibility index (Phi) is 7.03. The lowest BCUT2D eigenvalue weighted by Gasteiger charge is -2.10. The first-order valence-electron chi connectivity index (χ1n) is 10.2. The van der Waals surface area contributed by atoms with Crippen molar-refractivity contribution in [2.24, 2.45) is 0 Å². The van der Waals surface area contributed by atoms with Crippen LogP contribution in [0.5, 0.6) is 0 Å². The summed E-state index contributed by atoms with van der Waals surface area (Å²) in [7, 11) is 0. The Hall–Kier alpha value is -3.67. The van der Waals surface area contributed by atoms with Gasteiger partial charge in [0, 0.05) is 29.1 Å². The monoisotopic (exact) mass is 474 g/mol. The number of halogens is 2. The highest BCUT2D eigenvalue weighted by Gasteiger charge is 2.06. The highest BCUT2D eigenvalue weighted by molar-refractivity contribution is 6.42. The SMILES string of the molecule is Cc1nc(Nc2cccc(NC(=O)/C=C/c3ccc(Cl)c(Cl)c3)c2)cc(-c2ccccc2)n1. The van der Waals surface area contributed by atoms with E-state index in [4.69, 9.17) is 23.2 Å². The second-order valence-electron chi connectivity index (χ2n) is 7.25. The molecule has 33 heavy (non-hydrogen) atoms. The summed E-state index contributed by atoms with van der Waals surface area (Å²) in [5.74, 6) is 1.07. The van der Waals surface area contributed by atoms with Crippen LogP contribution in [0.4, 0.5) is 17.2 Å². The van der Waals surface area contributed by atoms with Gasteiger partial charge in [-0.1, -0.05) is 65.7 Å². The molecule has 0 atom stereocenters. The molecule has 1 amide bonds. The predicted molar refractivity (Wildman–Crippen MR) is 136 cm³/mol. The third-order valence-electron chi connectivity index (χ3n) is 4.68. The van der Waals surface area contributed by atoms with Crippen molar-refractivity contribution < 1.29 is 4.79 Å². The van der Waals surface area contributed by atoms with E-state index in [-0.39, 0.29) is 5.91 Å². The molecule has 164 valence electrons. The van der Waals surface area contributed by atoms with E-state index in [2.05, 4.69) is 20.6 Å². The molecule has 5 nitrogen and oxygen atoms in total. The van der Waals surface area contributed by atoms with Crippen molar-refractivity contribution in [1.29, 1.82) is 0 Å². The molecule has 1 heterocycles. The quantitative estimate of drug-likeness (QED) is 0.291. The lowest BCUT2D eigenvalue weighted by Crippen LogP contribution is -2.08. The summed E-state index contributed by atoms with van der Waals surface area (Å²) in [6.07, 6.45) is 3.12. The zero-order chi connectivity index (χ0) is 23.2. The maximum Gasteiger partial charge on any atom is 0.248 e. The number of hydrogen-bond acceptors (Lipinski definition) is 4. The zero-order valence-corrected chi connectivity index (χ0v) is 19.2. The molecule has 4 rings (SSSR count). The second kappa shape index (κ2) is 10.3. The molecule has 7 heteroatoms. The van der Waals surface area contributed by atoms with Gasteiger partial charge in [0.25, 0.3) is 0 Å². The topological polar surface area (TPSA) is 66.9 Å². The number of aryl methyl sites for hydroxylation is 1. The van der Waals surface area contributed by atoms with Crippen molar-refractivity contribution >= 4 is 52.4 Å². The van der Waals surface area contributed by atoms with Crippen molar-refractivity contribution in [2.75, 3.05) is 10.6 Å². The van der Waals surface area contributed by atoms with E-state index >= 15 is 0 Å². The normalized spacial score (nSPS) is 10.9. The van der Waals surface area contributed by atoms with Gasteiger partial charge in [-0.25, -0.2) is 9.97 Å². The number of nitrogens with zero attached hydrogens (tertiary/aromatic N) is 2. The van der Waals surface area contributed by atoms with Gasteiger partial charge in [-0.3, -0.25) is 4.79 Å². The first-order chi connectivity index (χ1) is 16.0. The molecule has 0 aliphatic rings. The number of carbonyl (C=O) groups is 1. The molecule has 1 aromatic heterocycles. The number of hydrogen-bond donors (Lipinski definition) is 2. The van der Waals surface area contributed by atoms with Gasteiger partial charge in [0.05, 0.1) is 15.7 Å². The summed E-state index contributed by atoms with van der Waals surface area (Å²) < 4.78 is 0. The van der Waals surface area contributed by atoms with Crippen molar-refractivity contribution in [3.05, 3.63) is 106 Å². The largest absolute Gasteiger partial charge is 0.340 e. The molecule has 4 aromatic rings. The standard InChI is InChI=1S/C26H20Cl2N4O/c1-17-29-24(19-6-3-2-4-7-19)16-25(30-17)31-20-8-5-9-21(15-20)32-26(33)13-11-18-10-12-22(27)23(28)14-18/h2-16H,1H3,(H,32,33)(H,29,30,31)/b13-11+. The minimum Gasteiger partial charge on any atom is -0.340 e. The lowest BCUT2D eigenvalue weighted by atomic mass is 10.1. The molecule has 0 aliphatic carbocycles. The zero-order valence-electron chi connectivity index (χ0n) is 17.7. The Balaban J connectivity index is 1.46. The molecule has 0 spiro atoms. The fraction of sp³-hybridized carbons (Fsp3) is 0.0385. The van der Waals surface area contributed by atoms with Gasteiger partial charge in [-0.05, 0) is 48.9 Å². The summed E-state index contributed by atoms with van der Waals surface area (Å²) in [6, 6.07) is 24.4. The Bertz CT molecular complexity index is 1320. The Morgan fingerprint density at radius 1 is 0.848 bits per heavy atom. The number of aromatic nitrogens is 2. The van der Waals surface area contributed by atoms with Crippen LogP contribution in [-0.4, -0.2) is 15.9 Å². The summed E-state index contributed by atoms with van der Waals surface area (Å²) >= 11 is 11.9. The van der Waals surface area contributed by atoms with E-state index < -0.39 is 0 Å². The first-order valence-corrected chi connectivity index (χ1v) is 10.9. The third kappa shape index (κ3) is 6.19. The number of anilines is 3. The van der Waals surface area contributed by atoms with Crippen molar-refractivity contribution in [3.8, 4) is 11.3 Å². The first kappa shape index (κ1) is 22.5. The van der Waals surface area contributed by atoms with Crippen LogP contribution < -0.4 is 10.6 Å². The molecule has 2 N–H and O–H groups in total. The van der Waals surface area contributed by atoms with Crippen molar-refractivity contribution in [2.45, 2.75) is 6.92 Å². The van der Waals surface area contributed by atoms with Crippen LogP contribution in [0, 0.1) is 6.92 Å². The third-order valence-corrected chi connectivity index (χ3v) is 5.42. The molecular weight excluding hydrogens is 455 g/mol. The number of carbonyl (C=O) groups excluding carboxylic acids is 1. The number of amides is 1. The second-order valence-corrected chi connectivity index (χ2v) is 8.07. The van der Waals surface area contributed by atoms with Gasteiger partial charge >= 0.3 is 0 Å². The minimum atomic E-state index is -0.262. The Morgan fingerprint density at radius 3 is 2.42 bits per heavy atom. The molecule has 0 fully saturated rings. The van der Waals surface area contributed by atoms with E-state index in [1.54, 1.807) is 24.3 Å². The molecule has 0 saturated heterocycles. The van der Waals surface area contributed by atoms with Crippen LogP contribution in [0.2, 0.25) is 10.0 Å². The van der Waals surface area contributed by atoms with Crippen LogP contribution in [0.25, 0.3) is 17.3 Å². The molecule has 0 saturated carbocycles. The number of rotatable bonds is 6. The van der Waals surface area contributed by atoms with E-state index in [0.29, 0.717) is 27.4 Å². The van der Waals surface area contributed by atoms with Crippen LogP contribution in [-0.2, 0) is 4.79 Å². The maximum absolute atomic E-state index is 12.4. The van der Waals surface area contributed by atoms with Crippen LogP contribution in [0.15, 0.2) is 84.9 Å². The molecule has 0 aliphatic heterocycles. The fourth-order valence-corrected chi connectivity index (χ4v) is 3.49. The summed E-state index contributed by atoms with van der Waals surface area (Å²) in [5, 5.41) is 7.05. The Labute approximate surface area is 202 Å². The van der Waals surface area contributed by atoms with E-state index in [9.17, 15) is 4.79 Å². The van der Waals surface area contributed by atoms with Crippen molar-refractivity contribution in [3.63, 3.8) is 0 Å². The van der Waals surface area contributed by atoms with Gasteiger partial charge in [0.1, 0.15) is 11.6 Å². The lowest BCUT2D eigenvalue weighted by molar-refractivity contribution is -0.111. The van der Waals surface area contributed by atoms with Gasteiger partial charge in [-0.15, -0.1) is 0 Å². The number of nitrogens with one attached hydrogen (secondary N) is 2. The molecular formula is C26H20Cl2N4O. The van der Waals surface area contributed by atoms with Gasteiger partial charge in [-0.2, -0.15) is 0 Å². The highest BCUT2D eigenvalue weighted by atomic mass is 35.5. The van der Waals surface area contributed by atoms with Gasteiger partial charge in [0.15, 0.2) is 0 Å². The smallest absolute Gasteiger partial charge is 0.248 e. The van der Waals surface area contributed by atoms with Crippen LogP contribution in [0.3, 0.4) is 0 Å². The van der Waals surface area contributed by atoms with E-state index in [0.717, 1.165) is 22.5 Å². The molecule has 0 radical (unpaired) electrons. The molecule has 0 bridgehead atoms. The average Bonchev–Trinajstić information content (AvgIpc) is 2.80. The summed E-state index contributed by atoms with van der Waals surface area (Å²) in [4.78, 5) is 21.4. The van der Waals surface area contributed by atoms with Crippen LogP contribution >= 0.6 is 23.2 Å².